The van der Waals surface area contributed by atoms with Crippen LogP contribution in [0.25, 0.3) is 0 Å². The molecule has 3 N–H and O–H groups in total. The Hall–Kier alpha value is -2.34. The number of benzene rings is 1. The van der Waals surface area contributed by atoms with E-state index >= 15 is 0 Å². The number of aromatic nitrogens is 2. The fourth-order valence-corrected chi connectivity index (χ4v) is 6.76. The molecule has 188 valence electrons. The molecule has 1 heterocycles. The molecule has 2 saturated carbocycles. The summed E-state index contributed by atoms with van der Waals surface area (Å²) in [5.41, 5.74) is 1.69. The third-order valence-corrected chi connectivity index (χ3v) is 8.50. The molecule has 0 radical (unpaired) electrons. The molecule has 7 nitrogen and oxygen atoms in total. The van der Waals surface area contributed by atoms with Gasteiger partial charge >= 0.3 is 0 Å². The average Bonchev–Trinajstić information content (AvgIpc) is 2.88. The summed E-state index contributed by atoms with van der Waals surface area (Å²) < 4.78 is 0. The van der Waals surface area contributed by atoms with Crippen LogP contribution in [0.3, 0.4) is 0 Å². The maximum Gasteiger partial charge on any atom is 0.224 e. The van der Waals surface area contributed by atoms with Gasteiger partial charge in [-0.25, -0.2) is 4.98 Å². The third kappa shape index (κ3) is 6.46. The first-order chi connectivity index (χ1) is 17.1. The fraction of sp³-hybridized carbons (Fsp3) is 0.593. The number of hydrogen-bond acceptors (Lipinski definition) is 8. The number of fused-ring (bicyclic) bond motifs is 2. The molecule has 0 spiro atoms. The van der Waals surface area contributed by atoms with Crippen LogP contribution in [0, 0.1) is 29.1 Å². The van der Waals surface area contributed by atoms with Gasteiger partial charge in [-0.2, -0.15) is 10.2 Å². The molecule has 2 aromatic rings. The Labute approximate surface area is 213 Å². The lowest BCUT2D eigenvalue weighted by atomic mass is 9.64. The number of aliphatic hydroxyl groups is 1. The highest BCUT2D eigenvalue weighted by Crippen LogP contribution is 2.45. The van der Waals surface area contributed by atoms with Crippen LogP contribution in [0.15, 0.2) is 35.4 Å². The predicted molar refractivity (Wildman–Crippen MR) is 142 cm³/mol. The number of rotatable bonds is 11. The Morgan fingerprint density at radius 1 is 1.20 bits per heavy atom. The van der Waals surface area contributed by atoms with Gasteiger partial charge in [-0.1, -0.05) is 24.6 Å². The Balaban J connectivity index is 1.37. The highest BCUT2D eigenvalue weighted by atomic mass is 32.2. The van der Waals surface area contributed by atoms with Crippen LogP contribution in [0.5, 0.6) is 0 Å². The van der Waals surface area contributed by atoms with E-state index in [1.165, 1.54) is 42.6 Å². The number of thioether (sulfide) groups is 1. The number of nitriles is 1. The Kier molecular flexibility index (Phi) is 9.25. The van der Waals surface area contributed by atoms with Crippen LogP contribution in [0.2, 0.25) is 0 Å². The molecule has 8 heteroatoms. The second-order valence-electron chi connectivity index (χ2n) is 9.95. The average molecular weight is 495 g/mol. The zero-order valence-electron chi connectivity index (χ0n) is 20.9. The van der Waals surface area contributed by atoms with Crippen LogP contribution in [0.4, 0.5) is 11.8 Å². The summed E-state index contributed by atoms with van der Waals surface area (Å²) in [5, 5.41) is 25.7. The molecule has 0 aliphatic heterocycles. The van der Waals surface area contributed by atoms with Gasteiger partial charge in [-0.05, 0) is 74.8 Å². The summed E-state index contributed by atoms with van der Waals surface area (Å²) in [7, 11) is 2.23. The molecule has 0 amide bonds. The van der Waals surface area contributed by atoms with Crippen molar-refractivity contribution in [3.8, 4) is 6.07 Å². The van der Waals surface area contributed by atoms with Crippen LogP contribution < -0.4 is 10.6 Å². The van der Waals surface area contributed by atoms with E-state index in [1.54, 1.807) is 18.0 Å². The summed E-state index contributed by atoms with van der Waals surface area (Å²) in [6, 6.07) is 11.2. The number of aliphatic hydroxyl groups excluding tert-OH is 1. The molecule has 1 aromatic carbocycles. The summed E-state index contributed by atoms with van der Waals surface area (Å²) >= 11 is 1.73. The van der Waals surface area contributed by atoms with Gasteiger partial charge in [-0.15, -0.1) is 11.8 Å². The van der Waals surface area contributed by atoms with E-state index in [4.69, 9.17) is 0 Å². The van der Waals surface area contributed by atoms with E-state index in [0.717, 1.165) is 19.5 Å². The fourth-order valence-electron chi connectivity index (χ4n) is 6.14. The predicted octanol–water partition coefficient (Wildman–Crippen LogP) is 4.60. The molecule has 2 aliphatic carbocycles. The van der Waals surface area contributed by atoms with Gasteiger partial charge in [0.2, 0.25) is 5.95 Å². The second kappa shape index (κ2) is 12.6. The minimum atomic E-state index is 0.264. The SMILES string of the molecule is CSc1ccccc1CNc1ncc(C#N)c(NCC2C[C@H]3CCC[C@@H](C2)[C@@H]3N(C)CCCO)n1. The smallest absolute Gasteiger partial charge is 0.224 e. The first-order valence-electron chi connectivity index (χ1n) is 12.8. The second-order valence-corrected chi connectivity index (χ2v) is 10.8. The van der Waals surface area contributed by atoms with Crippen LogP contribution in [-0.2, 0) is 6.54 Å². The van der Waals surface area contributed by atoms with Crippen molar-refractivity contribution in [2.75, 3.05) is 43.6 Å². The highest BCUT2D eigenvalue weighted by Gasteiger charge is 2.41. The maximum absolute atomic E-state index is 9.60. The molecule has 0 saturated heterocycles. The normalized spacial score (nSPS) is 23.6. The lowest BCUT2D eigenvalue weighted by molar-refractivity contribution is 0.0130. The molecule has 35 heavy (non-hydrogen) atoms. The highest BCUT2D eigenvalue weighted by molar-refractivity contribution is 7.98. The number of nitrogens with zero attached hydrogens (tertiary/aromatic N) is 4. The Morgan fingerprint density at radius 3 is 2.69 bits per heavy atom. The standard InChI is InChI=1S/C27H38N6OS/c1-33(11-6-12-34)25-20-8-5-9-21(25)14-19(13-20)16-29-26-23(15-28)18-31-27(32-26)30-17-22-7-3-4-10-24(22)35-2/h3-4,7,10,18-21,25,34H,5-6,8-9,11-14,16-17H2,1-2H3,(H2,29,30,31,32)/t19?,20-,21+,25-. The largest absolute Gasteiger partial charge is 0.396 e. The Bertz CT molecular complexity index is 997. The van der Waals surface area contributed by atoms with Crippen molar-refractivity contribution >= 4 is 23.5 Å². The summed E-state index contributed by atoms with van der Waals surface area (Å²) in [5.74, 6) is 3.17. The van der Waals surface area contributed by atoms with Crippen molar-refractivity contribution in [2.45, 2.75) is 56.0 Å². The van der Waals surface area contributed by atoms with Gasteiger partial charge in [0.1, 0.15) is 17.5 Å². The Morgan fingerprint density at radius 2 is 1.97 bits per heavy atom. The molecule has 2 fully saturated rings. The summed E-state index contributed by atoms with van der Waals surface area (Å²) in [6.45, 7) is 2.71. The van der Waals surface area contributed by atoms with Crippen molar-refractivity contribution in [2.24, 2.45) is 17.8 Å². The minimum absolute atomic E-state index is 0.264. The van der Waals surface area contributed by atoms with E-state index in [9.17, 15) is 10.4 Å². The molecule has 2 aliphatic rings. The number of anilines is 2. The lowest BCUT2D eigenvalue weighted by Crippen LogP contribution is -2.51. The summed E-state index contributed by atoms with van der Waals surface area (Å²) in [6.07, 6.45) is 10.9. The van der Waals surface area contributed by atoms with E-state index < -0.39 is 0 Å². The monoisotopic (exact) mass is 494 g/mol. The van der Waals surface area contributed by atoms with Gasteiger partial charge in [-0.3, -0.25) is 0 Å². The molecular formula is C27H38N6OS. The molecule has 1 unspecified atom stereocenters. The van der Waals surface area contributed by atoms with E-state index in [-0.39, 0.29) is 6.61 Å². The van der Waals surface area contributed by atoms with Gasteiger partial charge in [0.25, 0.3) is 0 Å². The number of hydrogen-bond donors (Lipinski definition) is 3. The third-order valence-electron chi connectivity index (χ3n) is 7.66. The van der Waals surface area contributed by atoms with Crippen molar-refractivity contribution in [3.63, 3.8) is 0 Å². The van der Waals surface area contributed by atoms with Gasteiger partial charge in [0.05, 0.1) is 6.20 Å². The van der Waals surface area contributed by atoms with Crippen LogP contribution >= 0.6 is 11.8 Å². The summed E-state index contributed by atoms with van der Waals surface area (Å²) in [4.78, 5) is 12.7. The topological polar surface area (TPSA) is 97.1 Å². The van der Waals surface area contributed by atoms with Crippen molar-refractivity contribution in [1.82, 2.24) is 14.9 Å². The van der Waals surface area contributed by atoms with E-state index in [2.05, 4.69) is 57.0 Å². The van der Waals surface area contributed by atoms with Crippen LogP contribution in [0.1, 0.15) is 49.7 Å². The van der Waals surface area contributed by atoms with Crippen LogP contribution in [-0.4, -0.2) is 59.0 Å². The molecule has 4 atom stereocenters. The molecule has 2 bridgehead atoms. The van der Waals surface area contributed by atoms with E-state index in [1.807, 2.05) is 12.1 Å². The minimum Gasteiger partial charge on any atom is -0.396 e. The van der Waals surface area contributed by atoms with Crippen molar-refractivity contribution < 1.29 is 5.11 Å². The van der Waals surface area contributed by atoms with Gasteiger partial charge in [0.15, 0.2) is 0 Å². The zero-order chi connectivity index (χ0) is 24.6. The first-order valence-corrected chi connectivity index (χ1v) is 14.0. The molecule has 4 rings (SSSR count). The van der Waals surface area contributed by atoms with Gasteiger partial charge < -0.3 is 20.6 Å². The molecular weight excluding hydrogens is 456 g/mol. The maximum atomic E-state index is 9.60. The number of nitrogens with one attached hydrogen (secondary N) is 2. The molecule has 1 aromatic heterocycles. The van der Waals surface area contributed by atoms with E-state index in [0.29, 0.717) is 47.7 Å². The zero-order valence-corrected chi connectivity index (χ0v) is 21.7. The quantitative estimate of drug-likeness (QED) is 0.390. The van der Waals surface area contributed by atoms with Crippen molar-refractivity contribution in [1.29, 1.82) is 5.26 Å². The first kappa shape index (κ1) is 25.7. The van der Waals surface area contributed by atoms with Gasteiger partial charge in [0, 0.05) is 37.2 Å². The van der Waals surface area contributed by atoms with Crippen molar-refractivity contribution in [3.05, 3.63) is 41.6 Å². The lowest BCUT2D eigenvalue weighted by Gasteiger charge is -2.49.